The minimum atomic E-state index is -0.0438. The van der Waals surface area contributed by atoms with E-state index in [1.165, 1.54) is 22.5 Å². The van der Waals surface area contributed by atoms with Crippen LogP contribution in [0.2, 0.25) is 0 Å². The third-order valence-electron chi connectivity index (χ3n) is 3.62. The Morgan fingerprint density at radius 3 is 2.65 bits per heavy atom. The van der Waals surface area contributed by atoms with Gasteiger partial charge in [-0.1, -0.05) is 54.1 Å². The van der Waals surface area contributed by atoms with Gasteiger partial charge >= 0.3 is 0 Å². The van der Waals surface area contributed by atoms with E-state index in [9.17, 15) is 4.79 Å². The highest BCUT2D eigenvalue weighted by Crippen LogP contribution is 2.28. The highest BCUT2D eigenvalue weighted by Gasteiger charge is 2.10. The summed E-state index contributed by atoms with van der Waals surface area (Å²) in [5, 5.41) is 5.50. The molecule has 116 valence electrons. The van der Waals surface area contributed by atoms with E-state index in [-0.39, 0.29) is 5.91 Å². The van der Waals surface area contributed by atoms with Gasteiger partial charge in [0.1, 0.15) is 0 Å². The lowest BCUT2D eigenvalue weighted by Crippen LogP contribution is -2.14. The first-order valence-corrected chi connectivity index (χ1v) is 8.37. The number of benzene rings is 2. The van der Waals surface area contributed by atoms with Crippen LogP contribution < -0.4 is 5.32 Å². The smallest absolute Gasteiger partial charge is 0.230 e. The summed E-state index contributed by atoms with van der Waals surface area (Å²) in [6.07, 6.45) is 0.360. The zero-order chi connectivity index (χ0) is 16.2. The minimum Gasteiger partial charge on any atom is -0.302 e. The van der Waals surface area contributed by atoms with E-state index < -0.39 is 0 Å². The lowest BCUT2D eigenvalue weighted by Gasteiger charge is -2.04. The fourth-order valence-corrected chi connectivity index (χ4v) is 3.23. The topological polar surface area (TPSA) is 42.0 Å². The fraction of sp³-hybridized carbons (Fsp3) is 0.158. The van der Waals surface area contributed by atoms with Gasteiger partial charge in [-0.05, 0) is 25.0 Å². The number of carbonyl (C=O) groups excluding carboxylic acids is 1. The summed E-state index contributed by atoms with van der Waals surface area (Å²) in [4.78, 5) is 16.6. The molecule has 3 aromatic rings. The molecule has 3 rings (SSSR count). The fourth-order valence-electron chi connectivity index (χ4n) is 2.50. The molecule has 2 aromatic carbocycles. The van der Waals surface area contributed by atoms with E-state index in [1.807, 2.05) is 35.7 Å². The highest BCUT2D eigenvalue weighted by molar-refractivity contribution is 7.14. The quantitative estimate of drug-likeness (QED) is 0.762. The molecule has 1 N–H and O–H groups in total. The van der Waals surface area contributed by atoms with Crippen molar-refractivity contribution < 1.29 is 4.79 Å². The van der Waals surface area contributed by atoms with Crippen LogP contribution in [0, 0.1) is 13.8 Å². The largest absolute Gasteiger partial charge is 0.302 e. The van der Waals surface area contributed by atoms with Gasteiger partial charge in [0.05, 0.1) is 12.1 Å². The van der Waals surface area contributed by atoms with E-state index in [1.54, 1.807) is 0 Å². The van der Waals surface area contributed by atoms with Gasteiger partial charge in [0.2, 0.25) is 5.91 Å². The number of aryl methyl sites for hydroxylation is 2. The summed E-state index contributed by atoms with van der Waals surface area (Å²) in [6, 6.07) is 16.0. The van der Waals surface area contributed by atoms with Crippen molar-refractivity contribution in [2.75, 3.05) is 5.32 Å². The Hall–Kier alpha value is -2.46. The number of hydrogen-bond donors (Lipinski definition) is 1. The predicted octanol–water partition coefficient (Wildman–Crippen LogP) is 4.61. The summed E-state index contributed by atoms with van der Waals surface area (Å²) >= 11 is 1.45. The average molecular weight is 322 g/mol. The highest BCUT2D eigenvalue weighted by atomic mass is 32.1. The van der Waals surface area contributed by atoms with Crippen LogP contribution in [0.25, 0.3) is 11.3 Å². The molecule has 23 heavy (non-hydrogen) atoms. The molecule has 0 aliphatic rings. The maximum Gasteiger partial charge on any atom is 0.230 e. The molecule has 0 spiro atoms. The lowest BCUT2D eigenvalue weighted by molar-refractivity contribution is -0.115. The van der Waals surface area contributed by atoms with Crippen LogP contribution >= 0.6 is 11.3 Å². The van der Waals surface area contributed by atoms with Gasteiger partial charge < -0.3 is 5.32 Å². The Bertz CT molecular complexity index is 824. The molecule has 1 heterocycles. The first-order valence-electron chi connectivity index (χ1n) is 7.49. The molecule has 0 saturated heterocycles. The van der Waals surface area contributed by atoms with Crippen molar-refractivity contribution >= 4 is 22.4 Å². The molecule has 1 amide bonds. The van der Waals surface area contributed by atoms with Gasteiger partial charge in [0.15, 0.2) is 5.13 Å². The Labute approximate surface area is 140 Å². The van der Waals surface area contributed by atoms with Crippen LogP contribution in [0.1, 0.15) is 16.7 Å². The summed E-state index contributed by atoms with van der Waals surface area (Å²) < 4.78 is 0. The molecule has 0 aliphatic carbocycles. The lowest BCUT2D eigenvalue weighted by atomic mass is 10.0. The summed E-state index contributed by atoms with van der Waals surface area (Å²) in [7, 11) is 0. The maximum absolute atomic E-state index is 12.1. The molecule has 1 aromatic heterocycles. The van der Waals surface area contributed by atoms with Crippen LogP contribution in [0.4, 0.5) is 5.13 Å². The van der Waals surface area contributed by atoms with Gasteiger partial charge in [-0.2, -0.15) is 0 Å². The summed E-state index contributed by atoms with van der Waals surface area (Å²) in [6.45, 7) is 4.16. The van der Waals surface area contributed by atoms with Crippen molar-refractivity contribution in [3.63, 3.8) is 0 Å². The van der Waals surface area contributed by atoms with Crippen LogP contribution in [0.5, 0.6) is 0 Å². The number of nitrogens with zero attached hydrogens (tertiary/aromatic N) is 1. The minimum absolute atomic E-state index is 0.0438. The van der Waals surface area contributed by atoms with Gasteiger partial charge in [-0.25, -0.2) is 4.98 Å². The second kappa shape index (κ2) is 6.75. The van der Waals surface area contributed by atoms with E-state index in [0.717, 1.165) is 16.8 Å². The monoisotopic (exact) mass is 322 g/mol. The number of thiazole rings is 1. The number of carbonyl (C=O) groups is 1. The Morgan fingerprint density at radius 1 is 1.13 bits per heavy atom. The number of nitrogens with one attached hydrogen (secondary N) is 1. The van der Waals surface area contributed by atoms with Crippen molar-refractivity contribution in [1.82, 2.24) is 4.98 Å². The second-order valence-corrected chi connectivity index (χ2v) is 6.42. The van der Waals surface area contributed by atoms with Crippen LogP contribution in [0.15, 0.2) is 53.9 Å². The number of rotatable bonds is 4. The summed E-state index contributed by atoms with van der Waals surface area (Å²) in [5.74, 6) is -0.0438. The van der Waals surface area contributed by atoms with Crippen molar-refractivity contribution in [2.24, 2.45) is 0 Å². The van der Waals surface area contributed by atoms with Crippen molar-refractivity contribution in [3.8, 4) is 11.3 Å². The molecule has 0 bridgehead atoms. The Balaban J connectivity index is 1.71. The van der Waals surface area contributed by atoms with E-state index in [2.05, 4.69) is 42.3 Å². The molecule has 0 saturated carbocycles. The van der Waals surface area contributed by atoms with Gasteiger partial charge in [0.25, 0.3) is 0 Å². The van der Waals surface area contributed by atoms with E-state index in [4.69, 9.17) is 0 Å². The van der Waals surface area contributed by atoms with Crippen molar-refractivity contribution in [2.45, 2.75) is 20.3 Å². The standard InChI is InChI=1S/C19H18N2OS/c1-13-8-9-16(14(2)10-13)17-12-23-19(20-17)21-18(22)11-15-6-4-3-5-7-15/h3-10,12H,11H2,1-2H3,(H,20,21,22). The van der Waals surface area contributed by atoms with E-state index >= 15 is 0 Å². The number of hydrogen-bond acceptors (Lipinski definition) is 3. The van der Waals surface area contributed by atoms with Gasteiger partial charge in [-0.3, -0.25) is 4.79 Å². The number of aromatic nitrogens is 1. The third kappa shape index (κ3) is 3.85. The normalized spacial score (nSPS) is 10.5. The predicted molar refractivity (Wildman–Crippen MR) is 95.8 cm³/mol. The number of anilines is 1. The van der Waals surface area contributed by atoms with E-state index in [0.29, 0.717) is 11.6 Å². The second-order valence-electron chi connectivity index (χ2n) is 5.57. The molecule has 0 atom stereocenters. The molecule has 0 radical (unpaired) electrons. The maximum atomic E-state index is 12.1. The molecule has 0 fully saturated rings. The summed E-state index contributed by atoms with van der Waals surface area (Å²) in [5.41, 5.74) is 5.43. The van der Waals surface area contributed by atoms with Crippen LogP contribution in [-0.2, 0) is 11.2 Å². The molecular weight excluding hydrogens is 304 g/mol. The zero-order valence-corrected chi connectivity index (χ0v) is 14.0. The molecule has 0 aliphatic heterocycles. The molecular formula is C19H18N2OS. The Kier molecular flexibility index (Phi) is 4.53. The van der Waals surface area contributed by atoms with Crippen LogP contribution in [-0.4, -0.2) is 10.9 Å². The van der Waals surface area contributed by atoms with Crippen molar-refractivity contribution in [1.29, 1.82) is 0 Å². The van der Waals surface area contributed by atoms with Crippen LogP contribution in [0.3, 0.4) is 0 Å². The van der Waals surface area contributed by atoms with Gasteiger partial charge in [-0.15, -0.1) is 11.3 Å². The SMILES string of the molecule is Cc1ccc(-c2csc(NC(=O)Cc3ccccc3)n2)c(C)c1. The Morgan fingerprint density at radius 2 is 1.91 bits per heavy atom. The zero-order valence-electron chi connectivity index (χ0n) is 13.2. The molecule has 3 nitrogen and oxygen atoms in total. The van der Waals surface area contributed by atoms with Gasteiger partial charge in [0, 0.05) is 10.9 Å². The number of amides is 1. The van der Waals surface area contributed by atoms with Crippen molar-refractivity contribution in [3.05, 3.63) is 70.6 Å². The first-order chi connectivity index (χ1) is 11.1. The molecule has 4 heteroatoms. The third-order valence-corrected chi connectivity index (χ3v) is 4.37. The average Bonchev–Trinajstić information content (AvgIpc) is 2.96. The first kappa shape index (κ1) is 15.4. The molecule has 0 unspecified atom stereocenters.